The highest BCUT2D eigenvalue weighted by atomic mass is 16.5. The van der Waals surface area contributed by atoms with Crippen LogP contribution in [0.5, 0.6) is 0 Å². The molecular weight excluding hydrogens is 156 g/mol. The highest BCUT2D eigenvalue weighted by molar-refractivity contribution is 5.87. The highest BCUT2D eigenvalue weighted by Gasteiger charge is 2.11. The van der Waals surface area contributed by atoms with Crippen molar-refractivity contribution in [1.29, 1.82) is 0 Å². The second-order valence-corrected chi connectivity index (χ2v) is 2.89. The second kappa shape index (κ2) is 4.93. The first-order chi connectivity index (χ1) is 5.43. The van der Waals surface area contributed by atoms with Crippen molar-refractivity contribution in [2.24, 2.45) is 0 Å². The third-order valence-electron chi connectivity index (χ3n) is 1.26. The van der Waals surface area contributed by atoms with E-state index < -0.39 is 12.1 Å². The molecule has 0 saturated heterocycles. The maximum atomic E-state index is 10.9. The van der Waals surface area contributed by atoms with Crippen LogP contribution in [0, 0.1) is 6.92 Å². The van der Waals surface area contributed by atoms with Crippen LogP contribution in [-0.4, -0.2) is 23.3 Å². The molecule has 0 rings (SSSR count). The molecule has 3 heteroatoms. The maximum absolute atomic E-state index is 10.9. The topological polar surface area (TPSA) is 46.5 Å². The predicted molar refractivity (Wildman–Crippen MR) is 46.3 cm³/mol. The molecule has 2 atom stereocenters. The van der Waals surface area contributed by atoms with Crippen molar-refractivity contribution in [3.63, 3.8) is 0 Å². The number of carbonyl (C=O) groups excluding carboxylic acids is 1. The summed E-state index contributed by atoms with van der Waals surface area (Å²) in [5.74, 6) is -0.428. The molecule has 3 nitrogen and oxygen atoms in total. The van der Waals surface area contributed by atoms with Crippen LogP contribution in [0.1, 0.15) is 20.3 Å². The van der Waals surface area contributed by atoms with Crippen molar-refractivity contribution in [2.45, 2.75) is 32.5 Å². The van der Waals surface area contributed by atoms with Gasteiger partial charge in [0.25, 0.3) is 0 Å². The first-order valence-corrected chi connectivity index (χ1v) is 3.81. The van der Waals surface area contributed by atoms with E-state index in [1.807, 2.05) is 0 Å². The molecule has 0 aliphatic heterocycles. The van der Waals surface area contributed by atoms with E-state index in [0.29, 0.717) is 12.0 Å². The Morgan fingerprint density at radius 3 is 2.50 bits per heavy atom. The fraction of sp³-hybridized carbons (Fsp3) is 0.556. The van der Waals surface area contributed by atoms with Crippen molar-refractivity contribution in [2.75, 3.05) is 0 Å². The number of ether oxygens (including phenoxy) is 1. The molecule has 0 aromatic rings. The molecule has 0 bridgehead atoms. The molecule has 0 aromatic heterocycles. The summed E-state index contributed by atoms with van der Waals surface area (Å²) < 4.78 is 4.88. The number of hydrogen-bond acceptors (Lipinski definition) is 3. The van der Waals surface area contributed by atoms with E-state index in [0.717, 1.165) is 0 Å². The number of rotatable bonds is 4. The van der Waals surface area contributed by atoms with Crippen LogP contribution >= 0.6 is 0 Å². The molecule has 0 fully saturated rings. The van der Waals surface area contributed by atoms with E-state index in [1.165, 1.54) is 0 Å². The van der Waals surface area contributed by atoms with Gasteiger partial charge in [0.05, 0.1) is 6.10 Å². The van der Waals surface area contributed by atoms with Gasteiger partial charge in [0, 0.05) is 12.0 Å². The van der Waals surface area contributed by atoms with Gasteiger partial charge in [-0.25, -0.2) is 4.79 Å². The Labute approximate surface area is 73.0 Å². The molecule has 69 valence electrons. The number of aliphatic hydroxyl groups is 1. The lowest BCUT2D eigenvalue weighted by Crippen LogP contribution is -2.19. The monoisotopic (exact) mass is 171 g/mol. The van der Waals surface area contributed by atoms with E-state index in [1.54, 1.807) is 13.8 Å². The maximum Gasteiger partial charge on any atom is 0.333 e. The zero-order valence-corrected chi connectivity index (χ0v) is 7.54. The third kappa shape index (κ3) is 4.91. The molecule has 0 saturated carbocycles. The van der Waals surface area contributed by atoms with Crippen molar-refractivity contribution < 1.29 is 14.6 Å². The lowest BCUT2D eigenvalue weighted by molar-refractivity contribution is -0.144. The van der Waals surface area contributed by atoms with Gasteiger partial charge in [-0.3, -0.25) is 0 Å². The standard InChI is InChI=1S/C9H15O3/c1-6(2)9(11)12-8(4)5-7(3)10/h7-8,10H,1,3,5H2,2,4H3. The molecule has 0 heterocycles. The van der Waals surface area contributed by atoms with Crippen LogP contribution in [0.25, 0.3) is 0 Å². The summed E-state index contributed by atoms with van der Waals surface area (Å²) >= 11 is 0. The molecule has 12 heavy (non-hydrogen) atoms. The molecule has 2 unspecified atom stereocenters. The lowest BCUT2D eigenvalue weighted by Gasteiger charge is -2.14. The Morgan fingerprint density at radius 1 is 1.67 bits per heavy atom. The quantitative estimate of drug-likeness (QED) is 0.508. The van der Waals surface area contributed by atoms with E-state index in [-0.39, 0.29) is 6.10 Å². The third-order valence-corrected chi connectivity index (χ3v) is 1.26. The van der Waals surface area contributed by atoms with Gasteiger partial charge < -0.3 is 9.84 Å². The summed E-state index contributed by atoms with van der Waals surface area (Å²) in [7, 11) is 0. The largest absolute Gasteiger partial charge is 0.459 e. The van der Waals surface area contributed by atoms with E-state index in [4.69, 9.17) is 9.84 Å². The molecule has 0 amide bonds. The Balaban J connectivity index is 3.76. The van der Waals surface area contributed by atoms with E-state index in [2.05, 4.69) is 13.5 Å². The fourth-order valence-corrected chi connectivity index (χ4v) is 0.715. The van der Waals surface area contributed by atoms with Gasteiger partial charge >= 0.3 is 5.97 Å². The summed E-state index contributed by atoms with van der Waals surface area (Å²) in [6.07, 6.45) is -0.668. The average Bonchev–Trinajstić information content (AvgIpc) is 1.84. The number of aliphatic hydroxyl groups excluding tert-OH is 1. The lowest BCUT2D eigenvalue weighted by atomic mass is 10.2. The molecule has 0 spiro atoms. The summed E-state index contributed by atoms with van der Waals surface area (Å²) in [5, 5.41) is 8.85. The minimum absolute atomic E-state index is 0.318. The van der Waals surface area contributed by atoms with Crippen molar-refractivity contribution in [3.05, 3.63) is 19.1 Å². The minimum Gasteiger partial charge on any atom is -0.459 e. The zero-order valence-electron chi connectivity index (χ0n) is 7.54. The first-order valence-electron chi connectivity index (χ1n) is 3.81. The first kappa shape index (κ1) is 11.2. The molecule has 0 aromatic carbocycles. The number of esters is 1. The van der Waals surface area contributed by atoms with Crippen LogP contribution < -0.4 is 0 Å². The van der Waals surface area contributed by atoms with Crippen LogP contribution in [0.4, 0.5) is 0 Å². The summed E-state index contributed by atoms with van der Waals surface area (Å²) in [4.78, 5) is 10.9. The molecular formula is C9H15O3. The number of carbonyl (C=O) groups is 1. The summed E-state index contributed by atoms with van der Waals surface area (Å²) in [6, 6.07) is 0. The Morgan fingerprint density at radius 2 is 2.17 bits per heavy atom. The molecule has 0 aliphatic carbocycles. The molecule has 1 radical (unpaired) electrons. The average molecular weight is 171 g/mol. The van der Waals surface area contributed by atoms with Gasteiger partial charge in [-0.15, -0.1) is 0 Å². The van der Waals surface area contributed by atoms with Gasteiger partial charge in [-0.1, -0.05) is 6.58 Å². The van der Waals surface area contributed by atoms with Gasteiger partial charge in [0.1, 0.15) is 6.10 Å². The zero-order chi connectivity index (χ0) is 9.72. The van der Waals surface area contributed by atoms with Gasteiger partial charge in [-0.05, 0) is 20.8 Å². The fourth-order valence-electron chi connectivity index (χ4n) is 0.715. The Hall–Kier alpha value is -0.830. The number of hydrogen-bond donors (Lipinski definition) is 1. The molecule has 1 N–H and O–H groups in total. The highest BCUT2D eigenvalue weighted by Crippen LogP contribution is 2.04. The summed E-state index contributed by atoms with van der Waals surface area (Å²) in [6.45, 7) is 10.1. The molecule has 0 aliphatic rings. The van der Waals surface area contributed by atoms with Crippen molar-refractivity contribution >= 4 is 5.97 Å². The van der Waals surface area contributed by atoms with Gasteiger partial charge in [0.2, 0.25) is 0 Å². The van der Waals surface area contributed by atoms with Crippen molar-refractivity contribution in [3.8, 4) is 0 Å². The van der Waals surface area contributed by atoms with E-state index in [9.17, 15) is 4.79 Å². The second-order valence-electron chi connectivity index (χ2n) is 2.89. The smallest absolute Gasteiger partial charge is 0.333 e. The SMILES string of the molecule is [CH2]C(O)CC(C)OC(=O)C(=C)C. The van der Waals surface area contributed by atoms with E-state index >= 15 is 0 Å². The predicted octanol–water partition coefficient (Wildman–Crippen LogP) is 1.08. The Kier molecular flexibility index (Phi) is 4.59. The van der Waals surface area contributed by atoms with Gasteiger partial charge in [-0.2, -0.15) is 0 Å². The minimum atomic E-state index is -0.696. The van der Waals surface area contributed by atoms with Crippen LogP contribution in [-0.2, 0) is 9.53 Å². The van der Waals surface area contributed by atoms with Crippen molar-refractivity contribution in [1.82, 2.24) is 0 Å². The van der Waals surface area contributed by atoms with Crippen LogP contribution in [0.3, 0.4) is 0 Å². The summed E-state index contributed by atoms with van der Waals surface area (Å²) in [5.41, 5.74) is 0.361. The van der Waals surface area contributed by atoms with Crippen LogP contribution in [0.2, 0.25) is 0 Å². The normalized spacial score (nSPS) is 15.0. The van der Waals surface area contributed by atoms with Crippen LogP contribution in [0.15, 0.2) is 12.2 Å². The Bertz CT molecular complexity index is 173. The van der Waals surface area contributed by atoms with Gasteiger partial charge in [0.15, 0.2) is 0 Å².